The van der Waals surface area contributed by atoms with Gasteiger partial charge < -0.3 is 29.9 Å². The molecule has 1 saturated heterocycles. The van der Waals surface area contributed by atoms with Crippen molar-refractivity contribution < 1.29 is 14.3 Å². The molecule has 0 aromatic heterocycles. The van der Waals surface area contributed by atoms with E-state index in [4.69, 9.17) is 9.47 Å². The molecule has 168 valence electrons. The molecule has 0 radical (unpaired) electrons. The zero-order valence-electron chi connectivity index (χ0n) is 18.8. The number of guanidine groups is 1. The third-order valence-corrected chi connectivity index (χ3v) is 5.28. The fourth-order valence-corrected chi connectivity index (χ4v) is 3.27. The minimum atomic E-state index is -0.0133. The molecule has 1 fully saturated rings. The third kappa shape index (κ3) is 8.59. The van der Waals surface area contributed by atoms with Gasteiger partial charge in [-0.2, -0.15) is 0 Å². The SMILES string of the molecule is COCCN1CCC(NC(=NCC(=O)N(C)C)NCCc2ccc(OC)cc2)CC1. The van der Waals surface area contributed by atoms with E-state index in [1.165, 1.54) is 5.56 Å². The van der Waals surface area contributed by atoms with Crippen molar-refractivity contribution in [1.29, 1.82) is 0 Å². The van der Waals surface area contributed by atoms with Gasteiger partial charge in [0.1, 0.15) is 12.3 Å². The Bertz CT molecular complexity index is 655. The standard InChI is InChI=1S/C22H37N5O3/c1-26(2)21(28)17-24-22(23-12-9-18-5-7-20(30-4)8-6-18)25-19-10-13-27(14-11-19)15-16-29-3/h5-8,19H,9-17H2,1-4H3,(H2,23,24,25). The number of methoxy groups -OCH3 is 2. The Balaban J connectivity index is 1.86. The summed E-state index contributed by atoms with van der Waals surface area (Å²) < 4.78 is 10.4. The van der Waals surface area contributed by atoms with E-state index in [1.807, 2.05) is 12.1 Å². The Hall–Kier alpha value is -2.32. The van der Waals surface area contributed by atoms with Gasteiger partial charge >= 0.3 is 0 Å². The Kier molecular flexibility index (Phi) is 10.4. The zero-order valence-corrected chi connectivity index (χ0v) is 18.8. The number of benzene rings is 1. The molecule has 0 atom stereocenters. The van der Waals surface area contributed by atoms with E-state index in [9.17, 15) is 4.79 Å². The van der Waals surface area contributed by atoms with E-state index in [2.05, 4.69) is 32.7 Å². The lowest BCUT2D eigenvalue weighted by molar-refractivity contribution is -0.127. The molecule has 8 heteroatoms. The van der Waals surface area contributed by atoms with Crippen molar-refractivity contribution in [2.24, 2.45) is 4.99 Å². The van der Waals surface area contributed by atoms with Crippen LogP contribution in [-0.4, -0.2) is 95.4 Å². The zero-order chi connectivity index (χ0) is 21.8. The fraction of sp³-hybridized carbons (Fsp3) is 0.636. The summed E-state index contributed by atoms with van der Waals surface area (Å²) in [6.45, 7) is 4.69. The van der Waals surface area contributed by atoms with Gasteiger partial charge in [-0.15, -0.1) is 0 Å². The third-order valence-electron chi connectivity index (χ3n) is 5.28. The molecule has 0 aliphatic carbocycles. The largest absolute Gasteiger partial charge is 0.497 e. The number of hydrogen-bond donors (Lipinski definition) is 2. The first-order valence-electron chi connectivity index (χ1n) is 10.6. The van der Waals surface area contributed by atoms with E-state index in [1.54, 1.807) is 33.2 Å². The van der Waals surface area contributed by atoms with E-state index in [-0.39, 0.29) is 12.5 Å². The summed E-state index contributed by atoms with van der Waals surface area (Å²) in [6.07, 6.45) is 2.96. The van der Waals surface area contributed by atoms with Gasteiger partial charge in [-0.1, -0.05) is 12.1 Å². The summed E-state index contributed by atoms with van der Waals surface area (Å²) in [5.74, 6) is 1.55. The second kappa shape index (κ2) is 13.1. The predicted octanol–water partition coefficient (Wildman–Crippen LogP) is 0.972. The monoisotopic (exact) mass is 419 g/mol. The Morgan fingerprint density at radius 1 is 1.20 bits per heavy atom. The first kappa shape index (κ1) is 24.0. The number of likely N-dealkylation sites (tertiary alicyclic amines) is 1. The molecule has 0 saturated carbocycles. The molecule has 2 N–H and O–H groups in total. The van der Waals surface area contributed by atoms with E-state index < -0.39 is 0 Å². The molecule has 1 amide bonds. The number of likely N-dealkylation sites (N-methyl/N-ethyl adjacent to an activating group) is 1. The van der Waals surface area contributed by atoms with Crippen LogP contribution in [0.2, 0.25) is 0 Å². The van der Waals surface area contributed by atoms with E-state index in [0.717, 1.165) is 57.8 Å². The second-order valence-electron chi connectivity index (χ2n) is 7.73. The maximum atomic E-state index is 12.0. The number of hydrogen-bond acceptors (Lipinski definition) is 5. The van der Waals surface area contributed by atoms with Gasteiger partial charge in [-0.05, 0) is 37.0 Å². The summed E-state index contributed by atoms with van der Waals surface area (Å²) in [4.78, 5) is 20.5. The molecular formula is C22H37N5O3. The van der Waals surface area contributed by atoms with Crippen LogP contribution in [0, 0.1) is 0 Å². The molecule has 1 aliphatic heterocycles. The van der Waals surface area contributed by atoms with Crippen LogP contribution < -0.4 is 15.4 Å². The summed E-state index contributed by atoms with van der Waals surface area (Å²) in [5.41, 5.74) is 1.22. The smallest absolute Gasteiger partial charge is 0.243 e. The minimum absolute atomic E-state index is 0.0133. The lowest BCUT2D eigenvalue weighted by atomic mass is 10.1. The maximum absolute atomic E-state index is 12.0. The predicted molar refractivity (Wildman–Crippen MR) is 120 cm³/mol. The average molecular weight is 420 g/mol. The van der Waals surface area contributed by atoms with Crippen LogP contribution in [0.25, 0.3) is 0 Å². The quantitative estimate of drug-likeness (QED) is 0.435. The highest BCUT2D eigenvalue weighted by Crippen LogP contribution is 2.12. The summed E-state index contributed by atoms with van der Waals surface area (Å²) in [5, 5.41) is 6.91. The number of ether oxygens (including phenoxy) is 2. The van der Waals surface area contributed by atoms with E-state index in [0.29, 0.717) is 12.0 Å². The Labute approximate surface area is 180 Å². The topological polar surface area (TPSA) is 78.4 Å². The van der Waals surface area contributed by atoms with Crippen LogP contribution in [0.15, 0.2) is 29.3 Å². The van der Waals surface area contributed by atoms with Crippen molar-refractivity contribution >= 4 is 11.9 Å². The van der Waals surface area contributed by atoms with Crippen LogP contribution in [0.3, 0.4) is 0 Å². The number of carbonyl (C=O) groups excluding carboxylic acids is 1. The van der Waals surface area contributed by atoms with Gasteiger partial charge in [0.25, 0.3) is 0 Å². The van der Waals surface area contributed by atoms with Crippen molar-refractivity contribution in [2.75, 3.05) is 67.6 Å². The van der Waals surface area contributed by atoms with Crippen LogP contribution in [0.4, 0.5) is 0 Å². The minimum Gasteiger partial charge on any atom is -0.497 e. The van der Waals surface area contributed by atoms with Crippen molar-refractivity contribution in [2.45, 2.75) is 25.3 Å². The van der Waals surface area contributed by atoms with Gasteiger partial charge in [0.2, 0.25) is 5.91 Å². The number of nitrogens with one attached hydrogen (secondary N) is 2. The van der Waals surface area contributed by atoms with Crippen LogP contribution >= 0.6 is 0 Å². The molecule has 0 unspecified atom stereocenters. The van der Waals surface area contributed by atoms with E-state index >= 15 is 0 Å². The number of aliphatic imine (C=N–C) groups is 1. The average Bonchev–Trinajstić information content (AvgIpc) is 2.77. The molecule has 1 aromatic carbocycles. The van der Waals surface area contributed by atoms with Crippen molar-refractivity contribution in [3.63, 3.8) is 0 Å². The summed E-state index contributed by atoms with van der Waals surface area (Å²) in [7, 11) is 6.90. The molecule has 0 spiro atoms. The number of amides is 1. The fourth-order valence-electron chi connectivity index (χ4n) is 3.27. The van der Waals surface area contributed by atoms with Gasteiger partial charge in [0, 0.05) is 53.4 Å². The first-order valence-corrected chi connectivity index (χ1v) is 10.6. The molecule has 1 aliphatic rings. The molecule has 1 heterocycles. The molecular weight excluding hydrogens is 382 g/mol. The molecule has 1 aromatic rings. The highest BCUT2D eigenvalue weighted by molar-refractivity contribution is 5.84. The number of nitrogens with zero attached hydrogens (tertiary/aromatic N) is 3. The van der Waals surface area contributed by atoms with Crippen LogP contribution in [-0.2, 0) is 16.0 Å². The van der Waals surface area contributed by atoms with Crippen molar-refractivity contribution in [3.05, 3.63) is 29.8 Å². The lowest BCUT2D eigenvalue weighted by Crippen LogP contribution is -2.49. The van der Waals surface area contributed by atoms with Gasteiger partial charge in [0.05, 0.1) is 13.7 Å². The highest BCUT2D eigenvalue weighted by Gasteiger charge is 2.20. The Morgan fingerprint density at radius 3 is 2.50 bits per heavy atom. The summed E-state index contributed by atoms with van der Waals surface area (Å²) in [6, 6.07) is 8.42. The van der Waals surface area contributed by atoms with Crippen molar-refractivity contribution in [3.8, 4) is 5.75 Å². The number of rotatable bonds is 10. The lowest BCUT2D eigenvalue weighted by Gasteiger charge is -2.33. The van der Waals surface area contributed by atoms with Gasteiger partial charge in [-0.3, -0.25) is 4.79 Å². The number of carbonyl (C=O) groups is 1. The second-order valence-corrected chi connectivity index (χ2v) is 7.73. The molecule has 0 bridgehead atoms. The van der Waals surface area contributed by atoms with Crippen molar-refractivity contribution in [1.82, 2.24) is 20.4 Å². The summed E-state index contributed by atoms with van der Waals surface area (Å²) >= 11 is 0. The highest BCUT2D eigenvalue weighted by atomic mass is 16.5. The normalized spacial score (nSPS) is 15.7. The van der Waals surface area contributed by atoms with Crippen LogP contribution in [0.5, 0.6) is 5.75 Å². The maximum Gasteiger partial charge on any atom is 0.243 e. The number of piperidine rings is 1. The van der Waals surface area contributed by atoms with Gasteiger partial charge in [-0.25, -0.2) is 4.99 Å². The molecule has 8 nitrogen and oxygen atoms in total. The molecule has 30 heavy (non-hydrogen) atoms. The first-order chi connectivity index (χ1) is 14.5. The van der Waals surface area contributed by atoms with Gasteiger partial charge in [0.15, 0.2) is 5.96 Å². The molecule has 2 rings (SSSR count). The van der Waals surface area contributed by atoms with Crippen LogP contribution in [0.1, 0.15) is 18.4 Å². The Morgan fingerprint density at radius 2 is 1.90 bits per heavy atom.